The molecule has 3 aromatic rings. The second-order valence-corrected chi connectivity index (χ2v) is 4.69. The van der Waals surface area contributed by atoms with Crippen LogP contribution in [-0.2, 0) is 0 Å². The highest BCUT2D eigenvalue weighted by molar-refractivity contribution is 6.01. The molecular formula is C17H17NO2. The first-order valence-corrected chi connectivity index (χ1v) is 6.82. The first kappa shape index (κ1) is 12.7. The van der Waals surface area contributed by atoms with Gasteiger partial charge in [0.05, 0.1) is 24.8 Å². The molecule has 0 amide bonds. The van der Waals surface area contributed by atoms with Crippen LogP contribution in [0.15, 0.2) is 42.5 Å². The fraction of sp³-hybridized carbons (Fsp3) is 0.235. The second kappa shape index (κ2) is 5.37. The van der Waals surface area contributed by atoms with Crippen LogP contribution >= 0.6 is 0 Å². The summed E-state index contributed by atoms with van der Waals surface area (Å²) in [6.45, 7) is 2.80. The Bertz CT molecular complexity index is 752. The smallest absolute Gasteiger partial charge is 0.138 e. The molecule has 2 aromatic carbocycles. The summed E-state index contributed by atoms with van der Waals surface area (Å²) in [5.74, 6) is 1.71. The Morgan fingerprint density at radius 3 is 2.60 bits per heavy atom. The number of fused-ring (bicyclic) bond motifs is 2. The summed E-state index contributed by atoms with van der Waals surface area (Å²) in [5, 5.41) is 2.04. The Morgan fingerprint density at radius 1 is 1.00 bits per heavy atom. The minimum Gasteiger partial charge on any atom is -0.497 e. The highest BCUT2D eigenvalue weighted by Crippen LogP contribution is 2.34. The third-order valence-corrected chi connectivity index (χ3v) is 3.29. The second-order valence-electron chi connectivity index (χ2n) is 4.69. The third-order valence-electron chi connectivity index (χ3n) is 3.29. The van der Waals surface area contributed by atoms with Gasteiger partial charge in [-0.3, -0.25) is 0 Å². The van der Waals surface area contributed by atoms with Crippen molar-refractivity contribution in [2.45, 2.75) is 13.3 Å². The van der Waals surface area contributed by atoms with E-state index in [4.69, 9.17) is 9.47 Å². The molecule has 0 bridgehead atoms. The number of benzene rings is 2. The zero-order valence-electron chi connectivity index (χ0n) is 11.7. The van der Waals surface area contributed by atoms with Gasteiger partial charge in [-0.15, -0.1) is 0 Å². The Balaban J connectivity index is 2.32. The Labute approximate surface area is 118 Å². The van der Waals surface area contributed by atoms with Crippen LogP contribution in [0, 0.1) is 0 Å². The SMILES string of the molecule is CCCOc1c2ccccc2nc2ccc(OC)cc12. The van der Waals surface area contributed by atoms with Crippen LogP contribution in [0.2, 0.25) is 0 Å². The number of aromatic nitrogens is 1. The summed E-state index contributed by atoms with van der Waals surface area (Å²) >= 11 is 0. The van der Waals surface area contributed by atoms with Crippen LogP contribution in [0.4, 0.5) is 0 Å². The molecule has 0 spiro atoms. The van der Waals surface area contributed by atoms with E-state index in [2.05, 4.69) is 11.9 Å². The standard InChI is InChI=1S/C17H17NO2/c1-3-10-20-17-13-6-4-5-7-15(13)18-16-9-8-12(19-2)11-14(16)17/h4-9,11H,3,10H2,1-2H3. The monoisotopic (exact) mass is 267 g/mol. The van der Waals surface area contributed by atoms with Crippen LogP contribution < -0.4 is 9.47 Å². The molecule has 3 heteroatoms. The third kappa shape index (κ3) is 2.16. The molecule has 3 nitrogen and oxygen atoms in total. The van der Waals surface area contributed by atoms with Gasteiger partial charge < -0.3 is 9.47 Å². The van der Waals surface area contributed by atoms with Crippen molar-refractivity contribution < 1.29 is 9.47 Å². The van der Waals surface area contributed by atoms with Crippen molar-refractivity contribution in [2.24, 2.45) is 0 Å². The van der Waals surface area contributed by atoms with Crippen molar-refractivity contribution >= 4 is 21.8 Å². The predicted molar refractivity (Wildman–Crippen MR) is 81.6 cm³/mol. The van der Waals surface area contributed by atoms with Gasteiger partial charge in [-0.1, -0.05) is 19.1 Å². The lowest BCUT2D eigenvalue weighted by Gasteiger charge is -2.12. The van der Waals surface area contributed by atoms with Gasteiger partial charge in [-0.2, -0.15) is 0 Å². The van der Waals surface area contributed by atoms with Gasteiger partial charge >= 0.3 is 0 Å². The van der Waals surface area contributed by atoms with Gasteiger partial charge in [0.1, 0.15) is 11.5 Å². The van der Waals surface area contributed by atoms with Crippen molar-refractivity contribution in [2.75, 3.05) is 13.7 Å². The van der Waals surface area contributed by atoms with E-state index < -0.39 is 0 Å². The van der Waals surface area contributed by atoms with E-state index in [0.717, 1.165) is 39.7 Å². The van der Waals surface area contributed by atoms with E-state index in [9.17, 15) is 0 Å². The molecule has 0 aliphatic rings. The van der Waals surface area contributed by atoms with Crippen LogP contribution in [0.3, 0.4) is 0 Å². The molecule has 0 saturated carbocycles. The Kier molecular flexibility index (Phi) is 3.42. The van der Waals surface area contributed by atoms with Crippen molar-refractivity contribution in [3.05, 3.63) is 42.5 Å². The fourth-order valence-electron chi connectivity index (χ4n) is 2.32. The molecule has 0 fully saturated rings. The van der Waals surface area contributed by atoms with Crippen molar-refractivity contribution in [1.82, 2.24) is 4.98 Å². The molecule has 3 rings (SSSR count). The van der Waals surface area contributed by atoms with E-state index in [1.807, 2.05) is 42.5 Å². The summed E-state index contributed by atoms with van der Waals surface area (Å²) in [6.07, 6.45) is 0.974. The van der Waals surface area contributed by atoms with Gasteiger partial charge in [0.2, 0.25) is 0 Å². The molecule has 1 aromatic heterocycles. The molecule has 102 valence electrons. The number of hydrogen-bond donors (Lipinski definition) is 0. The summed E-state index contributed by atoms with van der Waals surface area (Å²) < 4.78 is 11.3. The lowest BCUT2D eigenvalue weighted by Crippen LogP contribution is -1.98. The lowest BCUT2D eigenvalue weighted by molar-refractivity contribution is 0.324. The maximum Gasteiger partial charge on any atom is 0.138 e. The number of methoxy groups -OCH3 is 1. The molecule has 1 heterocycles. The largest absolute Gasteiger partial charge is 0.497 e. The van der Waals surface area contributed by atoms with Crippen LogP contribution in [0.25, 0.3) is 21.8 Å². The molecule has 0 radical (unpaired) electrons. The summed E-state index contributed by atoms with van der Waals surface area (Å²) in [6, 6.07) is 13.9. The highest BCUT2D eigenvalue weighted by Gasteiger charge is 2.10. The molecule has 0 N–H and O–H groups in total. The van der Waals surface area contributed by atoms with Gasteiger partial charge in [-0.05, 0) is 36.8 Å². The molecule has 0 unspecified atom stereocenters. The fourth-order valence-corrected chi connectivity index (χ4v) is 2.32. The maximum absolute atomic E-state index is 5.99. The zero-order valence-corrected chi connectivity index (χ0v) is 11.7. The van der Waals surface area contributed by atoms with E-state index in [1.165, 1.54) is 0 Å². The summed E-state index contributed by atoms with van der Waals surface area (Å²) in [4.78, 5) is 4.69. The van der Waals surface area contributed by atoms with Gasteiger partial charge in [0, 0.05) is 10.8 Å². The number of ether oxygens (including phenoxy) is 2. The average Bonchev–Trinajstić information content (AvgIpc) is 2.51. The van der Waals surface area contributed by atoms with E-state index in [1.54, 1.807) is 7.11 Å². The van der Waals surface area contributed by atoms with Crippen LogP contribution in [0.1, 0.15) is 13.3 Å². The zero-order chi connectivity index (χ0) is 13.9. The molecule has 20 heavy (non-hydrogen) atoms. The number of pyridine rings is 1. The quantitative estimate of drug-likeness (QED) is 0.664. The average molecular weight is 267 g/mol. The van der Waals surface area contributed by atoms with Crippen molar-refractivity contribution in [3.63, 3.8) is 0 Å². The topological polar surface area (TPSA) is 31.4 Å². The van der Waals surface area contributed by atoms with Crippen LogP contribution in [-0.4, -0.2) is 18.7 Å². The van der Waals surface area contributed by atoms with Crippen LogP contribution in [0.5, 0.6) is 11.5 Å². The van der Waals surface area contributed by atoms with E-state index in [0.29, 0.717) is 6.61 Å². The van der Waals surface area contributed by atoms with Gasteiger partial charge in [0.25, 0.3) is 0 Å². The first-order chi connectivity index (χ1) is 9.83. The lowest BCUT2D eigenvalue weighted by atomic mass is 10.1. The number of rotatable bonds is 4. The predicted octanol–water partition coefficient (Wildman–Crippen LogP) is 4.19. The molecule has 0 saturated heterocycles. The molecule has 0 aliphatic heterocycles. The molecular weight excluding hydrogens is 250 g/mol. The summed E-state index contributed by atoms with van der Waals surface area (Å²) in [5.41, 5.74) is 1.88. The van der Waals surface area contributed by atoms with E-state index in [-0.39, 0.29) is 0 Å². The van der Waals surface area contributed by atoms with Gasteiger partial charge in [0.15, 0.2) is 0 Å². The minimum absolute atomic E-state index is 0.695. The number of nitrogens with zero attached hydrogens (tertiary/aromatic N) is 1. The highest BCUT2D eigenvalue weighted by atomic mass is 16.5. The van der Waals surface area contributed by atoms with Crippen molar-refractivity contribution in [1.29, 1.82) is 0 Å². The molecule has 0 aliphatic carbocycles. The normalized spacial score (nSPS) is 10.9. The Hall–Kier alpha value is -2.29. The van der Waals surface area contributed by atoms with Gasteiger partial charge in [-0.25, -0.2) is 4.98 Å². The van der Waals surface area contributed by atoms with E-state index >= 15 is 0 Å². The minimum atomic E-state index is 0.695. The summed E-state index contributed by atoms with van der Waals surface area (Å²) in [7, 11) is 1.67. The number of para-hydroxylation sites is 1. The first-order valence-electron chi connectivity index (χ1n) is 6.82. The maximum atomic E-state index is 5.99. The Morgan fingerprint density at radius 2 is 1.80 bits per heavy atom. The molecule has 0 atom stereocenters. The number of hydrogen-bond acceptors (Lipinski definition) is 3. The van der Waals surface area contributed by atoms with Crippen molar-refractivity contribution in [3.8, 4) is 11.5 Å².